The first kappa shape index (κ1) is 34.2. The van der Waals surface area contributed by atoms with Crippen LogP contribution in [0.5, 0.6) is 0 Å². The zero-order valence-corrected chi connectivity index (χ0v) is 28.9. The van der Waals surface area contributed by atoms with Gasteiger partial charge in [0.1, 0.15) is 23.0 Å². The van der Waals surface area contributed by atoms with Crippen molar-refractivity contribution < 1.29 is 13.6 Å². The summed E-state index contributed by atoms with van der Waals surface area (Å²) in [6.07, 6.45) is 11.0. The van der Waals surface area contributed by atoms with Crippen LogP contribution in [-0.4, -0.2) is 29.3 Å². The monoisotopic (exact) mass is 689 g/mol. The van der Waals surface area contributed by atoms with Crippen LogP contribution < -0.4 is 11.2 Å². The van der Waals surface area contributed by atoms with Gasteiger partial charge in [-0.3, -0.25) is 14.2 Å². The minimum absolute atomic E-state index is 0.0300. The third kappa shape index (κ3) is 7.31. The zero-order valence-electron chi connectivity index (χ0n) is 28.9. The number of imidazole rings is 1. The highest BCUT2D eigenvalue weighted by atomic mass is 19.1. The van der Waals surface area contributed by atoms with Gasteiger partial charge in [-0.05, 0) is 97.4 Å². The van der Waals surface area contributed by atoms with Gasteiger partial charge < -0.3 is 4.40 Å². The number of halogens is 2. The molecular weight excluding hydrogens is 648 g/mol. The Hall–Kier alpha value is -5.25. The fourth-order valence-corrected chi connectivity index (χ4v) is 7.38. The van der Waals surface area contributed by atoms with Gasteiger partial charge >= 0.3 is 5.69 Å². The first-order valence-electron chi connectivity index (χ1n) is 17.8. The lowest BCUT2D eigenvalue weighted by Crippen LogP contribution is -2.43. The van der Waals surface area contributed by atoms with Crippen LogP contribution in [0.1, 0.15) is 87.3 Å². The maximum absolute atomic E-state index is 14.5. The van der Waals surface area contributed by atoms with Gasteiger partial charge in [0.25, 0.3) is 5.56 Å². The van der Waals surface area contributed by atoms with E-state index in [1.807, 2.05) is 18.2 Å². The highest BCUT2D eigenvalue weighted by Gasteiger charge is 2.29. The van der Waals surface area contributed by atoms with Crippen LogP contribution in [0.3, 0.4) is 0 Å². The van der Waals surface area contributed by atoms with Crippen molar-refractivity contribution in [3.8, 4) is 16.8 Å². The van der Waals surface area contributed by atoms with Crippen molar-refractivity contribution in [1.29, 1.82) is 0 Å². The van der Waals surface area contributed by atoms with E-state index in [1.54, 1.807) is 6.07 Å². The SMILES string of the molecule is CC(C)CCCCc1ccc(-c2cccc(-n3c(=O)n(C4CCC(CC(=O)c5cn6cc(F)ccc6n5)CC4)c(=O)c4cc(F)cnc43)c2)cc1. The number of Topliss-reactive ketones (excluding diaryl/α,β-unsaturated/α-hetero) is 1. The molecule has 0 spiro atoms. The Bertz CT molecular complexity index is 2330. The molecular formula is C41H41F2N5O3. The quantitative estimate of drug-likeness (QED) is 0.101. The number of carbonyl (C=O) groups is 1. The van der Waals surface area contributed by atoms with Gasteiger partial charge in [-0.2, -0.15) is 0 Å². The van der Waals surface area contributed by atoms with Crippen molar-refractivity contribution >= 4 is 22.5 Å². The average molecular weight is 690 g/mol. The van der Waals surface area contributed by atoms with Crippen molar-refractivity contribution in [2.75, 3.05) is 0 Å². The summed E-state index contributed by atoms with van der Waals surface area (Å²) in [5, 5.41) is 0.0300. The van der Waals surface area contributed by atoms with E-state index >= 15 is 0 Å². The molecule has 6 aromatic rings. The molecule has 0 unspecified atom stereocenters. The molecule has 0 radical (unpaired) electrons. The Labute approximate surface area is 294 Å². The molecule has 0 N–H and O–H groups in total. The van der Waals surface area contributed by atoms with E-state index in [2.05, 4.69) is 48.1 Å². The van der Waals surface area contributed by atoms with Gasteiger partial charge in [0.15, 0.2) is 11.4 Å². The van der Waals surface area contributed by atoms with Crippen LogP contribution in [0.15, 0.2) is 94.9 Å². The molecule has 0 aliphatic heterocycles. The van der Waals surface area contributed by atoms with E-state index in [9.17, 15) is 23.2 Å². The molecule has 51 heavy (non-hydrogen) atoms. The molecule has 7 rings (SSSR count). The number of rotatable bonds is 11. The van der Waals surface area contributed by atoms with Crippen LogP contribution in [0.4, 0.5) is 8.78 Å². The number of aromatic nitrogens is 5. The molecule has 4 aromatic heterocycles. The van der Waals surface area contributed by atoms with Crippen molar-refractivity contribution in [2.45, 2.75) is 77.7 Å². The molecule has 8 nitrogen and oxygen atoms in total. The number of nitrogens with zero attached hydrogens (tertiary/aromatic N) is 5. The number of aryl methyl sites for hydroxylation is 1. The van der Waals surface area contributed by atoms with Crippen LogP contribution in [0.2, 0.25) is 0 Å². The van der Waals surface area contributed by atoms with Crippen molar-refractivity contribution in [1.82, 2.24) is 23.5 Å². The molecule has 1 saturated carbocycles. The van der Waals surface area contributed by atoms with E-state index in [1.165, 1.54) is 56.5 Å². The van der Waals surface area contributed by atoms with Crippen molar-refractivity contribution in [3.05, 3.63) is 129 Å². The Morgan fingerprint density at radius 1 is 0.882 bits per heavy atom. The summed E-state index contributed by atoms with van der Waals surface area (Å²) in [6, 6.07) is 19.5. The Balaban J connectivity index is 1.13. The lowest BCUT2D eigenvalue weighted by Gasteiger charge is -2.29. The third-order valence-electron chi connectivity index (χ3n) is 10.1. The fourth-order valence-electron chi connectivity index (χ4n) is 7.38. The fraction of sp³-hybridized carbons (Fsp3) is 0.341. The molecule has 1 aliphatic rings. The summed E-state index contributed by atoms with van der Waals surface area (Å²) < 4.78 is 32.3. The number of carbonyl (C=O) groups excluding carboxylic acids is 1. The van der Waals surface area contributed by atoms with Crippen LogP contribution in [-0.2, 0) is 6.42 Å². The molecule has 1 aliphatic carbocycles. The van der Waals surface area contributed by atoms with Gasteiger partial charge in [-0.15, -0.1) is 0 Å². The second-order valence-electron chi connectivity index (χ2n) is 14.2. The largest absolute Gasteiger partial charge is 0.337 e. The summed E-state index contributed by atoms with van der Waals surface area (Å²) in [4.78, 5) is 49.8. The first-order valence-corrected chi connectivity index (χ1v) is 17.8. The molecule has 0 amide bonds. The summed E-state index contributed by atoms with van der Waals surface area (Å²) in [5.74, 6) is -0.465. The van der Waals surface area contributed by atoms with Gasteiger partial charge in [0.05, 0.1) is 17.3 Å². The van der Waals surface area contributed by atoms with E-state index in [0.717, 1.165) is 36.2 Å². The highest BCUT2D eigenvalue weighted by molar-refractivity contribution is 5.95. The number of pyridine rings is 2. The van der Waals surface area contributed by atoms with Crippen LogP contribution in [0, 0.1) is 23.5 Å². The normalized spacial score (nSPS) is 16.3. The van der Waals surface area contributed by atoms with Crippen molar-refractivity contribution in [2.24, 2.45) is 11.8 Å². The van der Waals surface area contributed by atoms with E-state index in [-0.39, 0.29) is 34.8 Å². The number of benzene rings is 2. The first-order chi connectivity index (χ1) is 24.6. The Kier molecular flexibility index (Phi) is 9.75. The number of hydrogen-bond donors (Lipinski definition) is 0. The lowest BCUT2D eigenvalue weighted by atomic mass is 9.82. The highest BCUT2D eigenvalue weighted by Crippen LogP contribution is 2.34. The van der Waals surface area contributed by atoms with Gasteiger partial charge in [-0.1, -0.05) is 63.1 Å². The molecule has 0 atom stereocenters. The molecule has 0 saturated heterocycles. The summed E-state index contributed by atoms with van der Waals surface area (Å²) >= 11 is 0. The second kappa shape index (κ2) is 14.5. The lowest BCUT2D eigenvalue weighted by molar-refractivity contribution is 0.0938. The predicted octanol–water partition coefficient (Wildman–Crippen LogP) is 8.51. The number of fused-ring (bicyclic) bond motifs is 2. The van der Waals surface area contributed by atoms with Gasteiger partial charge in [0.2, 0.25) is 0 Å². The molecule has 0 bridgehead atoms. The number of ketones is 1. The molecule has 4 heterocycles. The standard InChI is InChI=1S/C41H41F2N5O3/c1-26(2)6-3-4-7-27-10-14-29(15-11-27)30-8-5-9-34(21-30)47-39-35(22-32(43)23-44-39)40(50)48(41(47)51)33-17-12-28(13-18-33)20-37(49)36-25-46-24-31(42)16-19-38(46)45-36/h5,8-11,14-16,19,21-26,28,33H,3-4,6-7,12-13,17-18,20H2,1-2H3. The van der Waals surface area contributed by atoms with Crippen molar-refractivity contribution in [3.63, 3.8) is 0 Å². The minimum atomic E-state index is -0.661. The topological polar surface area (TPSA) is 91.3 Å². The molecule has 1 fully saturated rings. The second-order valence-corrected chi connectivity index (χ2v) is 14.2. The number of hydrogen-bond acceptors (Lipinski definition) is 5. The van der Waals surface area contributed by atoms with Gasteiger partial charge in [0, 0.05) is 24.9 Å². The molecule has 2 aromatic carbocycles. The minimum Gasteiger partial charge on any atom is -0.303 e. The van der Waals surface area contributed by atoms with E-state index < -0.39 is 28.9 Å². The summed E-state index contributed by atoms with van der Waals surface area (Å²) in [7, 11) is 0. The zero-order chi connectivity index (χ0) is 35.6. The Morgan fingerprint density at radius 3 is 2.43 bits per heavy atom. The molecule has 262 valence electrons. The summed E-state index contributed by atoms with van der Waals surface area (Å²) in [5.41, 5.74) is 3.48. The van der Waals surface area contributed by atoms with E-state index in [0.29, 0.717) is 42.9 Å². The summed E-state index contributed by atoms with van der Waals surface area (Å²) in [6.45, 7) is 4.50. The van der Waals surface area contributed by atoms with Crippen LogP contribution in [0.25, 0.3) is 33.5 Å². The maximum Gasteiger partial charge on any atom is 0.337 e. The predicted molar refractivity (Wildman–Crippen MR) is 194 cm³/mol. The molecule has 10 heteroatoms. The van der Waals surface area contributed by atoms with Gasteiger partial charge in [-0.25, -0.2) is 28.1 Å². The third-order valence-corrected chi connectivity index (χ3v) is 10.1. The van der Waals surface area contributed by atoms with E-state index in [4.69, 9.17) is 0 Å². The Morgan fingerprint density at radius 2 is 1.67 bits per heavy atom. The smallest absolute Gasteiger partial charge is 0.303 e. The number of unbranched alkanes of at least 4 members (excludes halogenated alkanes) is 1. The average Bonchev–Trinajstić information content (AvgIpc) is 3.55. The maximum atomic E-state index is 14.5. The van der Waals surface area contributed by atoms with Crippen LogP contribution >= 0.6 is 0 Å².